The Bertz CT molecular complexity index is 529. The van der Waals surface area contributed by atoms with Crippen molar-refractivity contribution in [2.75, 3.05) is 0 Å². The number of hydrogen-bond donors (Lipinski definition) is 1. The van der Waals surface area contributed by atoms with Gasteiger partial charge in [0.15, 0.2) is 0 Å². The maximum atomic E-state index is 12.1. The van der Waals surface area contributed by atoms with Gasteiger partial charge in [-0.3, -0.25) is 19.9 Å². The van der Waals surface area contributed by atoms with Gasteiger partial charge in [-0.25, -0.2) is 0 Å². The SMILES string of the molecule is Cc1nc(CC(=O)O)cc([N+](=O)[O-])c1OC(F)(F)F. The molecule has 19 heavy (non-hydrogen) atoms. The van der Waals surface area contributed by atoms with E-state index in [1.54, 1.807) is 0 Å². The molecule has 10 heteroatoms. The van der Waals surface area contributed by atoms with Crippen LogP contribution >= 0.6 is 0 Å². The molecule has 7 nitrogen and oxygen atoms in total. The number of carboxylic acids is 1. The molecule has 104 valence electrons. The standard InChI is InChI=1S/C9H7F3N2O5/c1-4-8(19-9(10,11)12)6(14(17)18)2-5(13-4)3-7(15)16/h2H,3H2,1H3,(H,15,16). The van der Waals surface area contributed by atoms with Gasteiger partial charge in [-0.2, -0.15) is 0 Å². The van der Waals surface area contributed by atoms with Crippen LogP contribution < -0.4 is 4.74 Å². The lowest BCUT2D eigenvalue weighted by atomic mass is 10.2. The lowest BCUT2D eigenvalue weighted by Crippen LogP contribution is -2.19. The Morgan fingerprint density at radius 1 is 1.58 bits per heavy atom. The molecule has 0 saturated carbocycles. The summed E-state index contributed by atoms with van der Waals surface area (Å²) in [6.45, 7) is 1.05. The number of carboxylic acid groups (broad SMARTS) is 1. The van der Waals surface area contributed by atoms with Crippen LogP contribution in [0.4, 0.5) is 18.9 Å². The predicted octanol–water partition coefficient (Wildman–Crippen LogP) is 1.82. The molecule has 0 spiro atoms. The number of aromatic nitrogens is 1. The van der Waals surface area contributed by atoms with E-state index in [1.165, 1.54) is 0 Å². The van der Waals surface area contributed by atoms with E-state index in [9.17, 15) is 28.1 Å². The average Bonchev–Trinajstić information content (AvgIpc) is 2.18. The Kier molecular flexibility index (Phi) is 3.92. The number of pyridine rings is 1. The molecule has 0 aliphatic rings. The molecule has 0 unspecified atom stereocenters. The Balaban J connectivity index is 3.31. The Labute approximate surface area is 103 Å². The molecule has 0 radical (unpaired) electrons. The van der Waals surface area contributed by atoms with E-state index >= 15 is 0 Å². The van der Waals surface area contributed by atoms with Gasteiger partial charge >= 0.3 is 18.0 Å². The normalized spacial score (nSPS) is 11.2. The van der Waals surface area contributed by atoms with Crippen LogP contribution in [0.15, 0.2) is 6.07 Å². The quantitative estimate of drug-likeness (QED) is 0.666. The second-order valence-corrected chi connectivity index (χ2v) is 3.42. The van der Waals surface area contributed by atoms with Gasteiger partial charge in [-0.15, -0.1) is 13.2 Å². The van der Waals surface area contributed by atoms with Gasteiger partial charge in [0.05, 0.1) is 22.7 Å². The molecular formula is C9H7F3N2O5. The lowest BCUT2D eigenvalue weighted by molar-refractivity contribution is -0.388. The second kappa shape index (κ2) is 5.08. The van der Waals surface area contributed by atoms with Gasteiger partial charge in [-0.05, 0) is 6.92 Å². The number of aliphatic carboxylic acids is 1. The molecule has 1 N–H and O–H groups in total. The van der Waals surface area contributed by atoms with E-state index < -0.39 is 40.8 Å². The van der Waals surface area contributed by atoms with Gasteiger partial charge < -0.3 is 9.84 Å². The minimum atomic E-state index is -5.11. The van der Waals surface area contributed by atoms with Gasteiger partial charge in [-0.1, -0.05) is 0 Å². The largest absolute Gasteiger partial charge is 0.573 e. The predicted molar refractivity (Wildman–Crippen MR) is 53.7 cm³/mol. The second-order valence-electron chi connectivity index (χ2n) is 3.42. The number of nitrogens with zero attached hydrogens (tertiary/aromatic N) is 2. The highest BCUT2D eigenvalue weighted by Crippen LogP contribution is 2.34. The number of carbonyl (C=O) groups is 1. The van der Waals surface area contributed by atoms with Crippen molar-refractivity contribution < 1.29 is 32.7 Å². The summed E-state index contributed by atoms with van der Waals surface area (Å²) in [5.74, 6) is -2.36. The van der Waals surface area contributed by atoms with Crippen molar-refractivity contribution in [3.63, 3.8) is 0 Å². The molecular weight excluding hydrogens is 273 g/mol. The zero-order chi connectivity index (χ0) is 14.8. The molecule has 0 aliphatic heterocycles. The Morgan fingerprint density at radius 3 is 2.58 bits per heavy atom. The monoisotopic (exact) mass is 280 g/mol. The maximum absolute atomic E-state index is 12.1. The smallest absolute Gasteiger partial charge is 0.481 e. The molecule has 0 aromatic carbocycles. The van der Waals surface area contributed by atoms with Gasteiger partial charge in [0, 0.05) is 6.07 Å². The van der Waals surface area contributed by atoms with E-state index in [-0.39, 0.29) is 5.69 Å². The minimum absolute atomic E-state index is 0.230. The molecule has 1 rings (SSSR count). The highest BCUT2D eigenvalue weighted by atomic mass is 19.4. The van der Waals surface area contributed by atoms with Crippen molar-refractivity contribution in [3.8, 4) is 5.75 Å². The summed E-state index contributed by atoms with van der Waals surface area (Å²) < 4.78 is 39.9. The van der Waals surface area contributed by atoms with Crippen molar-refractivity contribution in [3.05, 3.63) is 27.6 Å². The van der Waals surface area contributed by atoms with E-state index in [4.69, 9.17) is 5.11 Å². The number of nitro groups is 1. The number of rotatable bonds is 4. The first-order valence-corrected chi connectivity index (χ1v) is 4.72. The Morgan fingerprint density at radius 2 is 2.16 bits per heavy atom. The fourth-order valence-corrected chi connectivity index (χ4v) is 1.33. The van der Waals surface area contributed by atoms with E-state index in [0.717, 1.165) is 6.92 Å². The summed E-state index contributed by atoms with van der Waals surface area (Å²) in [4.78, 5) is 23.6. The highest BCUT2D eigenvalue weighted by molar-refractivity contribution is 5.70. The minimum Gasteiger partial charge on any atom is -0.481 e. The zero-order valence-corrected chi connectivity index (χ0v) is 9.39. The molecule has 0 amide bonds. The number of alkyl halides is 3. The number of halogens is 3. The molecule has 1 aromatic rings. The summed E-state index contributed by atoms with van der Waals surface area (Å²) in [7, 11) is 0. The fraction of sp³-hybridized carbons (Fsp3) is 0.333. The van der Waals surface area contributed by atoms with Crippen LogP contribution in [0.3, 0.4) is 0 Å². The van der Waals surface area contributed by atoms with Crippen molar-refractivity contribution in [1.82, 2.24) is 4.98 Å². The third-order valence-electron chi connectivity index (χ3n) is 1.92. The average molecular weight is 280 g/mol. The molecule has 1 heterocycles. The van der Waals surface area contributed by atoms with Gasteiger partial charge in [0.25, 0.3) is 0 Å². The first kappa shape index (κ1) is 14.7. The summed E-state index contributed by atoms with van der Waals surface area (Å²) in [5, 5.41) is 19.2. The van der Waals surface area contributed by atoms with E-state index in [1.807, 2.05) is 0 Å². The van der Waals surface area contributed by atoms with Crippen molar-refractivity contribution in [2.24, 2.45) is 0 Å². The molecule has 1 aromatic heterocycles. The summed E-state index contributed by atoms with van der Waals surface area (Å²) in [6.07, 6.45) is -5.75. The molecule has 0 bridgehead atoms. The fourth-order valence-electron chi connectivity index (χ4n) is 1.33. The first-order valence-electron chi connectivity index (χ1n) is 4.72. The van der Waals surface area contributed by atoms with E-state index in [0.29, 0.717) is 6.07 Å². The van der Waals surface area contributed by atoms with Crippen LogP contribution in [0.5, 0.6) is 5.75 Å². The zero-order valence-electron chi connectivity index (χ0n) is 9.39. The summed E-state index contributed by atoms with van der Waals surface area (Å²) in [5.41, 5.74) is -1.63. The Hall–Kier alpha value is -2.39. The van der Waals surface area contributed by atoms with Crippen LogP contribution in [-0.4, -0.2) is 27.3 Å². The summed E-state index contributed by atoms with van der Waals surface area (Å²) in [6, 6.07) is 0.641. The number of aryl methyl sites for hydroxylation is 1. The third kappa shape index (κ3) is 4.08. The highest BCUT2D eigenvalue weighted by Gasteiger charge is 2.36. The lowest BCUT2D eigenvalue weighted by Gasteiger charge is -2.11. The third-order valence-corrected chi connectivity index (χ3v) is 1.92. The van der Waals surface area contributed by atoms with Gasteiger partial charge in [0.2, 0.25) is 5.75 Å². The van der Waals surface area contributed by atoms with Crippen molar-refractivity contribution in [2.45, 2.75) is 19.7 Å². The van der Waals surface area contributed by atoms with Crippen molar-refractivity contribution >= 4 is 11.7 Å². The number of hydrogen-bond acceptors (Lipinski definition) is 5. The van der Waals surface area contributed by atoms with Crippen LogP contribution in [0.1, 0.15) is 11.4 Å². The molecule has 0 fully saturated rings. The van der Waals surface area contributed by atoms with Gasteiger partial charge in [0.1, 0.15) is 0 Å². The van der Waals surface area contributed by atoms with Crippen LogP contribution in [0.2, 0.25) is 0 Å². The van der Waals surface area contributed by atoms with Crippen LogP contribution in [-0.2, 0) is 11.2 Å². The van der Waals surface area contributed by atoms with E-state index in [2.05, 4.69) is 9.72 Å². The van der Waals surface area contributed by atoms with Crippen LogP contribution in [0.25, 0.3) is 0 Å². The molecule has 0 atom stereocenters. The first-order chi connectivity index (χ1) is 8.60. The maximum Gasteiger partial charge on any atom is 0.573 e. The number of ether oxygens (including phenoxy) is 1. The molecule has 0 aliphatic carbocycles. The topological polar surface area (TPSA) is 103 Å². The summed E-state index contributed by atoms with van der Waals surface area (Å²) >= 11 is 0. The van der Waals surface area contributed by atoms with Crippen LogP contribution in [0, 0.1) is 17.0 Å². The van der Waals surface area contributed by atoms with Crippen molar-refractivity contribution in [1.29, 1.82) is 0 Å². The molecule has 0 saturated heterocycles.